The van der Waals surface area contributed by atoms with E-state index in [0.717, 1.165) is 51.2 Å². The third kappa shape index (κ3) is 5.48. The fourth-order valence-electron chi connectivity index (χ4n) is 5.16. The minimum absolute atomic E-state index is 0.0794. The average molecular weight is 523 g/mol. The Balaban J connectivity index is 1.23. The Morgan fingerprint density at radius 1 is 0.949 bits per heavy atom. The number of carbonyl (C=O) groups excluding carboxylic acids is 1. The van der Waals surface area contributed by atoms with Crippen molar-refractivity contribution < 1.29 is 24.2 Å². The number of amides is 1. The SMILES string of the molecule is CCc1cc(OC)ccc1-c1ccc(C[C@H](NC(=O)OCC2c3ccccc3-c3ccccc32)C(=O)O)cn1. The minimum Gasteiger partial charge on any atom is -0.497 e. The summed E-state index contributed by atoms with van der Waals surface area (Å²) in [5.41, 5.74) is 8.02. The molecule has 4 aromatic rings. The van der Waals surface area contributed by atoms with E-state index in [1.54, 1.807) is 13.3 Å². The zero-order valence-electron chi connectivity index (χ0n) is 21.9. The number of aliphatic carboxylic acids is 1. The molecule has 0 saturated heterocycles. The van der Waals surface area contributed by atoms with Gasteiger partial charge in [0.1, 0.15) is 18.4 Å². The molecule has 0 aliphatic heterocycles. The summed E-state index contributed by atoms with van der Waals surface area (Å²) in [5, 5.41) is 12.3. The highest BCUT2D eigenvalue weighted by Crippen LogP contribution is 2.44. The number of carboxylic acid groups (broad SMARTS) is 1. The number of hydrogen-bond acceptors (Lipinski definition) is 5. The van der Waals surface area contributed by atoms with Crippen molar-refractivity contribution in [1.82, 2.24) is 10.3 Å². The molecule has 39 heavy (non-hydrogen) atoms. The molecule has 0 unspecified atom stereocenters. The van der Waals surface area contributed by atoms with Gasteiger partial charge in [0.25, 0.3) is 0 Å². The number of aromatic nitrogens is 1. The van der Waals surface area contributed by atoms with Gasteiger partial charge in [-0.3, -0.25) is 4.98 Å². The van der Waals surface area contributed by atoms with E-state index in [1.807, 2.05) is 66.7 Å². The van der Waals surface area contributed by atoms with Crippen LogP contribution in [0.4, 0.5) is 4.79 Å². The van der Waals surface area contributed by atoms with Gasteiger partial charge in [0.15, 0.2) is 0 Å². The molecule has 0 spiro atoms. The van der Waals surface area contributed by atoms with E-state index >= 15 is 0 Å². The van der Waals surface area contributed by atoms with Crippen molar-refractivity contribution in [1.29, 1.82) is 0 Å². The topological polar surface area (TPSA) is 97.8 Å². The monoisotopic (exact) mass is 522 g/mol. The average Bonchev–Trinajstić information content (AvgIpc) is 3.29. The maximum Gasteiger partial charge on any atom is 0.407 e. The van der Waals surface area contributed by atoms with Gasteiger partial charge < -0.3 is 19.9 Å². The largest absolute Gasteiger partial charge is 0.497 e. The molecule has 1 atom stereocenters. The first-order valence-corrected chi connectivity index (χ1v) is 12.9. The number of fused-ring (bicyclic) bond motifs is 3. The zero-order valence-corrected chi connectivity index (χ0v) is 21.9. The van der Waals surface area contributed by atoms with Crippen LogP contribution in [0.3, 0.4) is 0 Å². The van der Waals surface area contributed by atoms with Gasteiger partial charge in [0.2, 0.25) is 0 Å². The van der Waals surface area contributed by atoms with E-state index in [4.69, 9.17) is 9.47 Å². The Labute approximate surface area is 227 Å². The fraction of sp³-hybridized carbons (Fsp3) is 0.219. The van der Waals surface area contributed by atoms with Crippen LogP contribution in [0.5, 0.6) is 5.75 Å². The van der Waals surface area contributed by atoms with Gasteiger partial charge in [0.05, 0.1) is 12.8 Å². The van der Waals surface area contributed by atoms with Crippen LogP contribution in [0.25, 0.3) is 22.4 Å². The van der Waals surface area contributed by atoms with Gasteiger partial charge in [-0.25, -0.2) is 9.59 Å². The van der Waals surface area contributed by atoms with E-state index in [2.05, 4.69) is 29.4 Å². The van der Waals surface area contributed by atoms with Crippen LogP contribution in [0, 0.1) is 0 Å². The van der Waals surface area contributed by atoms with Gasteiger partial charge in [-0.05, 0) is 64.1 Å². The summed E-state index contributed by atoms with van der Waals surface area (Å²) in [4.78, 5) is 29.2. The van der Waals surface area contributed by atoms with Crippen LogP contribution in [-0.2, 0) is 22.4 Å². The first-order valence-electron chi connectivity index (χ1n) is 12.9. The maximum atomic E-state index is 12.7. The lowest BCUT2D eigenvalue weighted by atomic mass is 9.98. The number of aryl methyl sites for hydroxylation is 1. The minimum atomic E-state index is -1.15. The Bertz CT molecular complexity index is 1450. The highest BCUT2D eigenvalue weighted by atomic mass is 16.5. The van der Waals surface area contributed by atoms with Gasteiger partial charge >= 0.3 is 12.1 Å². The lowest BCUT2D eigenvalue weighted by Gasteiger charge is -2.17. The molecular weight excluding hydrogens is 492 g/mol. The number of hydrogen-bond donors (Lipinski definition) is 2. The number of alkyl carbamates (subject to hydrolysis) is 1. The Hall–Kier alpha value is -4.65. The summed E-state index contributed by atoms with van der Waals surface area (Å²) < 4.78 is 10.9. The summed E-state index contributed by atoms with van der Waals surface area (Å²) in [7, 11) is 1.64. The second kappa shape index (κ2) is 11.4. The molecule has 0 radical (unpaired) electrons. The van der Waals surface area contributed by atoms with Crippen LogP contribution < -0.4 is 10.1 Å². The van der Waals surface area contributed by atoms with Crippen molar-refractivity contribution in [3.05, 3.63) is 107 Å². The molecule has 7 heteroatoms. The number of ether oxygens (including phenoxy) is 2. The summed E-state index contributed by atoms with van der Waals surface area (Å²) in [6.07, 6.45) is 1.78. The van der Waals surface area contributed by atoms with E-state index in [9.17, 15) is 14.7 Å². The maximum absolute atomic E-state index is 12.7. The number of benzene rings is 3. The zero-order chi connectivity index (χ0) is 27.4. The van der Waals surface area contributed by atoms with Crippen LogP contribution in [0.2, 0.25) is 0 Å². The van der Waals surface area contributed by atoms with Crippen LogP contribution in [0.15, 0.2) is 85.1 Å². The molecule has 198 valence electrons. The summed E-state index contributed by atoms with van der Waals surface area (Å²) in [6, 6.07) is 24.5. The summed E-state index contributed by atoms with van der Waals surface area (Å²) >= 11 is 0. The summed E-state index contributed by atoms with van der Waals surface area (Å²) in [5.74, 6) is -0.457. The number of methoxy groups -OCH3 is 1. The number of nitrogens with one attached hydrogen (secondary N) is 1. The highest BCUT2D eigenvalue weighted by Gasteiger charge is 2.29. The second-order valence-electron chi connectivity index (χ2n) is 9.49. The molecule has 1 aliphatic carbocycles. The quantitative estimate of drug-likeness (QED) is 0.286. The van der Waals surface area contributed by atoms with E-state index in [1.165, 1.54) is 0 Å². The Morgan fingerprint density at radius 2 is 1.64 bits per heavy atom. The van der Waals surface area contributed by atoms with Gasteiger partial charge in [-0.1, -0.05) is 61.5 Å². The first-order chi connectivity index (χ1) is 19.0. The number of pyridine rings is 1. The second-order valence-corrected chi connectivity index (χ2v) is 9.49. The molecule has 7 nitrogen and oxygen atoms in total. The van der Waals surface area contributed by atoms with E-state index < -0.39 is 18.1 Å². The van der Waals surface area contributed by atoms with E-state index in [0.29, 0.717) is 5.56 Å². The van der Waals surface area contributed by atoms with Gasteiger partial charge in [-0.2, -0.15) is 0 Å². The molecule has 1 heterocycles. The predicted molar refractivity (Wildman–Crippen MR) is 149 cm³/mol. The molecule has 1 aliphatic rings. The number of carboxylic acids is 1. The molecule has 0 saturated carbocycles. The van der Waals surface area contributed by atoms with Crippen molar-refractivity contribution in [3.8, 4) is 28.1 Å². The molecule has 5 rings (SSSR count). The lowest BCUT2D eigenvalue weighted by molar-refractivity contribution is -0.139. The number of carbonyl (C=O) groups is 2. The number of nitrogens with zero attached hydrogens (tertiary/aromatic N) is 1. The smallest absolute Gasteiger partial charge is 0.407 e. The molecule has 3 aromatic carbocycles. The third-order valence-corrected chi connectivity index (χ3v) is 7.17. The summed E-state index contributed by atoms with van der Waals surface area (Å²) in [6.45, 7) is 2.18. The van der Waals surface area contributed by atoms with Gasteiger partial charge in [-0.15, -0.1) is 0 Å². The molecule has 0 fully saturated rings. The van der Waals surface area contributed by atoms with Crippen molar-refractivity contribution >= 4 is 12.1 Å². The third-order valence-electron chi connectivity index (χ3n) is 7.17. The molecule has 1 aromatic heterocycles. The van der Waals surface area contributed by atoms with Crippen molar-refractivity contribution in [2.45, 2.75) is 31.7 Å². The van der Waals surface area contributed by atoms with Gasteiger partial charge in [0, 0.05) is 24.1 Å². The highest BCUT2D eigenvalue weighted by molar-refractivity contribution is 5.81. The normalized spacial score (nSPS) is 12.8. The lowest BCUT2D eigenvalue weighted by Crippen LogP contribution is -2.42. The molecule has 1 amide bonds. The number of rotatable bonds is 9. The first kappa shape index (κ1) is 26.0. The Kier molecular flexibility index (Phi) is 7.59. The fourth-order valence-corrected chi connectivity index (χ4v) is 5.16. The van der Waals surface area contributed by atoms with Crippen molar-refractivity contribution in [2.75, 3.05) is 13.7 Å². The van der Waals surface area contributed by atoms with Crippen molar-refractivity contribution in [2.24, 2.45) is 0 Å². The van der Waals surface area contributed by atoms with E-state index in [-0.39, 0.29) is 18.9 Å². The van der Waals surface area contributed by atoms with Crippen LogP contribution in [0.1, 0.15) is 35.1 Å². The predicted octanol–water partition coefficient (Wildman–Crippen LogP) is 5.85. The molecular formula is C32H30N2O5. The molecule has 0 bridgehead atoms. The van der Waals surface area contributed by atoms with Crippen LogP contribution in [-0.4, -0.2) is 41.9 Å². The Morgan fingerprint density at radius 3 is 2.23 bits per heavy atom. The van der Waals surface area contributed by atoms with Crippen LogP contribution >= 0.6 is 0 Å². The van der Waals surface area contributed by atoms with Crippen molar-refractivity contribution in [3.63, 3.8) is 0 Å². The molecule has 2 N–H and O–H groups in total. The standard InChI is InChI=1S/C32H30N2O5/c1-3-21-17-22(38-2)13-14-23(21)29-15-12-20(18-33-29)16-30(31(35)36)34-32(37)39-19-28-26-10-6-4-8-24(26)25-9-5-7-11-27(25)28/h4-15,17-18,28,30H,3,16,19H2,1-2H3,(H,34,37)(H,35,36)/t30-/m0/s1.